The number of nitrogens with zero attached hydrogens (tertiary/aromatic N) is 2. The number of rotatable bonds is 10. The van der Waals surface area contributed by atoms with Gasteiger partial charge in [0, 0.05) is 31.3 Å². The molecule has 0 aliphatic heterocycles. The lowest BCUT2D eigenvalue weighted by atomic mass is 9.98. The highest BCUT2D eigenvalue weighted by molar-refractivity contribution is 5.99. The average molecular weight is 729 g/mol. The predicted molar refractivity (Wildman–Crippen MR) is 154 cm³/mol. The zero-order valence-electron chi connectivity index (χ0n) is 25.7. The molecule has 17 heteroatoms. The van der Waals surface area contributed by atoms with Crippen LogP contribution in [0.15, 0.2) is 78.5 Å². The van der Waals surface area contributed by atoms with Gasteiger partial charge in [-0.15, -0.1) is 0 Å². The van der Waals surface area contributed by atoms with Crippen molar-refractivity contribution in [2.24, 2.45) is 5.92 Å². The summed E-state index contributed by atoms with van der Waals surface area (Å²) in [5.41, 5.74) is -8.07. The number of halogens is 13. The molecule has 0 aromatic heterocycles. The summed E-state index contributed by atoms with van der Waals surface area (Å²) in [7, 11) is 1.15. The second kappa shape index (κ2) is 15.0. The Morgan fingerprint density at radius 3 is 1.54 bits per heavy atom. The Bertz CT molecular complexity index is 1690. The second-order valence-electron chi connectivity index (χ2n) is 11.1. The van der Waals surface area contributed by atoms with E-state index in [9.17, 15) is 66.7 Å². The molecule has 0 fully saturated rings. The Morgan fingerprint density at radius 1 is 0.700 bits per heavy atom. The summed E-state index contributed by atoms with van der Waals surface area (Å²) in [6.45, 7) is -0.429. The molecule has 50 heavy (non-hydrogen) atoms. The van der Waals surface area contributed by atoms with Crippen LogP contribution in [0.2, 0.25) is 0 Å². The zero-order valence-corrected chi connectivity index (χ0v) is 25.7. The molecule has 1 atom stereocenters. The zero-order chi connectivity index (χ0) is 37.8. The Morgan fingerprint density at radius 2 is 1.14 bits per heavy atom. The SMILES string of the molecule is CC(/C=C/c1cccc(F)c1)/C(=C/N(C)Cc1cc(C(F)(F)F)cc(C(F)(F)F)c1)C(=O)N(C=O)Cc1cc(C(F)(F)F)cc(C(F)(F)F)c1. The van der Waals surface area contributed by atoms with Crippen LogP contribution in [0.4, 0.5) is 57.1 Å². The number of carbonyl (C=O) groups excluding carboxylic acids is 2. The summed E-state index contributed by atoms with van der Waals surface area (Å²) in [6, 6.07) is 6.26. The monoisotopic (exact) mass is 728 g/mol. The fourth-order valence-electron chi connectivity index (χ4n) is 4.65. The first kappa shape index (κ1) is 39.6. The molecular formula is C33H25F13N2O2. The van der Waals surface area contributed by atoms with Crippen LogP contribution < -0.4 is 0 Å². The van der Waals surface area contributed by atoms with E-state index in [1.165, 1.54) is 31.2 Å². The average Bonchev–Trinajstić information content (AvgIpc) is 2.99. The topological polar surface area (TPSA) is 40.6 Å². The minimum Gasteiger partial charge on any atom is -0.376 e. The first-order valence-electron chi connectivity index (χ1n) is 14.1. The van der Waals surface area contributed by atoms with Crippen molar-refractivity contribution in [3.63, 3.8) is 0 Å². The van der Waals surface area contributed by atoms with Crippen LogP contribution in [0, 0.1) is 11.7 Å². The minimum atomic E-state index is -5.24. The molecule has 0 aliphatic rings. The maximum Gasteiger partial charge on any atom is 0.416 e. The van der Waals surface area contributed by atoms with Gasteiger partial charge in [-0.25, -0.2) is 4.39 Å². The lowest BCUT2D eigenvalue weighted by molar-refractivity contribution is -0.144. The van der Waals surface area contributed by atoms with Crippen molar-refractivity contribution in [3.05, 3.63) is 123 Å². The molecule has 3 rings (SSSR count). The highest BCUT2D eigenvalue weighted by Gasteiger charge is 2.38. The van der Waals surface area contributed by atoms with Crippen LogP contribution in [0.3, 0.4) is 0 Å². The molecule has 0 aliphatic carbocycles. The number of benzene rings is 3. The third-order valence-corrected chi connectivity index (χ3v) is 6.99. The summed E-state index contributed by atoms with van der Waals surface area (Å²) in [5.74, 6) is -3.01. The summed E-state index contributed by atoms with van der Waals surface area (Å²) in [4.78, 5) is 27.0. The third-order valence-electron chi connectivity index (χ3n) is 6.99. The van der Waals surface area contributed by atoms with Gasteiger partial charge in [0.05, 0.1) is 28.8 Å². The quantitative estimate of drug-likeness (QED) is 0.119. The van der Waals surface area contributed by atoms with Crippen LogP contribution in [-0.4, -0.2) is 29.2 Å². The van der Waals surface area contributed by atoms with Crippen molar-refractivity contribution in [3.8, 4) is 0 Å². The van der Waals surface area contributed by atoms with Crippen molar-refractivity contribution < 1.29 is 66.7 Å². The van der Waals surface area contributed by atoms with Crippen LogP contribution >= 0.6 is 0 Å². The first-order valence-corrected chi connectivity index (χ1v) is 14.1. The fraction of sp³-hybridized carbons (Fsp3) is 0.273. The van der Waals surface area contributed by atoms with Gasteiger partial charge in [-0.1, -0.05) is 31.2 Å². The van der Waals surface area contributed by atoms with E-state index in [-0.39, 0.29) is 29.0 Å². The van der Waals surface area contributed by atoms with Crippen LogP contribution in [0.5, 0.6) is 0 Å². The summed E-state index contributed by atoms with van der Waals surface area (Å²) in [6.07, 6.45) is -17.4. The van der Waals surface area contributed by atoms with Crippen LogP contribution in [-0.2, 0) is 47.4 Å². The van der Waals surface area contributed by atoms with Crippen molar-refractivity contribution in [2.75, 3.05) is 7.05 Å². The second-order valence-corrected chi connectivity index (χ2v) is 11.1. The van der Waals surface area contributed by atoms with Gasteiger partial charge in [0.1, 0.15) is 5.82 Å². The van der Waals surface area contributed by atoms with E-state index in [4.69, 9.17) is 0 Å². The molecule has 3 aromatic carbocycles. The number of amides is 2. The van der Waals surface area contributed by atoms with E-state index in [0.717, 1.165) is 30.3 Å². The lowest BCUT2D eigenvalue weighted by Gasteiger charge is -2.24. The molecule has 3 aromatic rings. The lowest BCUT2D eigenvalue weighted by Crippen LogP contribution is -2.33. The molecule has 0 spiro atoms. The van der Waals surface area contributed by atoms with E-state index < -0.39 is 94.4 Å². The van der Waals surface area contributed by atoms with E-state index in [1.807, 2.05) is 0 Å². The minimum absolute atomic E-state index is 0.0898. The molecule has 0 heterocycles. The normalized spacial score (nSPS) is 13.8. The molecule has 0 radical (unpaired) electrons. The standard InChI is InChI=1S/C33H25F13N2O2/c1-19(6-7-20-4-3-5-27(34)12-20)28(17-47(2)15-21-8-23(30(35,36)37)13-24(9-21)31(38,39)40)29(50)48(18-49)16-22-10-25(32(41,42)43)14-26(11-22)33(44,45)46/h3-14,17-19H,15-16H2,1-2H3/b7-6+,28-17-. The third kappa shape index (κ3) is 10.8. The first-order chi connectivity index (χ1) is 22.9. The van der Waals surface area contributed by atoms with Gasteiger partial charge in [0.15, 0.2) is 0 Å². The van der Waals surface area contributed by atoms with Crippen molar-refractivity contribution in [1.29, 1.82) is 0 Å². The van der Waals surface area contributed by atoms with Crippen LogP contribution in [0.25, 0.3) is 6.08 Å². The number of hydrogen-bond donors (Lipinski definition) is 0. The Balaban J connectivity index is 2.08. The van der Waals surface area contributed by atoms with Gasteiger partial charge < -0.3 is 4.90 Å². The molecule has 0 saturated carbocycles. The van der Waals surface area contributed by atoms with Gasteiger partial charge in [0.2, 0.25) is 6.41 Å². The summed E-state index contributed by atoms with van der Waals surface area (Å²) >= 11 is 0. The van der Waals surface area contributed by atoms with E-state index in [2.05, 4.69) is 0 Å². The summed E-state index contributed by atoms with van der Waals surface area (Å²) < 4.78 is 175. The number of hydrogen-bond acceptors (Lipinski definition) is 3. The van der Waals surface area contributed by atoms with Gasteiger partial charge >= 0.3 is 24.7 Å². The van der Waals surface area contributed by atoms with Crippen molar-refractivity contribution in [1.82, 2.24) is 9.80 Å². The van der Waals surface area contributed by atoms with Gasteiger partial charge in [-0.3, -0.25) is 14.5 Å². The molecule has 1 unspecified atom stereocenters. The highest BCUT2D eigenvalue weighted by atomic mass is 19.4. The number of alkyl halides is 12. The fourth-order valence-corrected chi connectivity index (χ4v) is 4.65. The van der Waals surface area contributed by atoms with E-state index >= 15 is 0 Å². The molecule has 0 saturated heterocycles. The predicted octanol–water partition coefficient (Wildman–Crippen LogP) is 9.75. The molecule has 2 amide bonds. The van der Waals surface area contributed by atoms with Gasteiger partial charge in [-0.05, 0) is 65.2 Å². The largest absolute Gasteiger partial charge is 0.416 e. The molecule has 4 nitrogen and oxygen atoms in total. The van der Waals surface area contributed by atoms with Gasteiger partial charge in [-0.2, -0.15) is 52.7 Å². The van der Waals surface area contributed by atoms with E-state index in [1.54, 1.807) is 0 Å². The molecule has 0 N–H and O–H groups in total. The Hall–Kier alpha value is -4.83. The van der Waals surface area contributed by atoms with Gasteiger partial charge in [0.25, 0.3) is 5.91 Å². The number of allylic oxidation sites excluding steroid dienone is 1. The Kier molecular flexibility index (Phi) is 11.9. The summed E-state index contributed by atoms with van der Waals surface area (Å²) in [5, 5.41) is 0. The Labute approximate surface area is 276 Å². The van der Waals surface area contributed by atoms with Crippen molar-refractivity contribution in [2.45, 2.75) is 44.7 Å². The molecule has 0 bridgehead atoms. The maximum absolute atomic E-state index is 13.7. The van der Waals surface area contributed by atoms with Crippen molar-refractivity contribution >= 4 is 18.4 Å². The van der Waals surface area contributed by atoms with E-state index in [0.29, 0.717) is 24.3 Å². The number of imide groups is 1. The smallest absolute Gasteiger partial charge is 0.376 e. The highest BCUT2D eigenvalue weighted by Crippen LogP contribution is 2.38. The molecule has 270 valence electrons. The van der Waals surface area contributed by atoms with Crippen LogP contribution in [0.1, 0.15) is 45.9 Å². The molecular weight excluding hydrogens is 703 g/mol. The number of carbonyl (C=O) groups is 2. The maximum atomic E-state index is 13.7.